The second-order valence-corrected chi connectivity index (χ2v) is 6.99. The molecule has 2 aromatic heterocycles. The van der Waals surface area contributed by atoms with Gasteiger partial charge in [0, 0.05) is 10.8 Å². The number of nitrogens with zero attached hydrogens (tertiary/aromatic N) is 2. The van der Waals surface area contributed by atoms with E-state index in [0.29, 0.717) is 5.39 Å². The Balaban J connectivity index is 2.48. The highest BCUT2D eigenvalue weighted by molar-refractivity contribution is 6.18. The van der Waals surface area contributed by atoms with Crippen LogP contribution in [0.25, 0.3) is 16.3 Å². The second-order valence-electron chi connectivity index (χ2n) is 6.99. The third kappa shape index (κ3) is 3.65. The van der Waals surface area contributed by atoms with E-state index in [9.17, 15) is 14.4 Å². The van der Waals surface area contributed by atoms with E-state index < -0.39 is 30.1 Å². The fourth-order valence-electron chi connectivity index (χ4n) is 3.10. The van der Waals surface area contributed by atoms with Crippen LogP contribution in [-0.2, 0) is 14.2 Å². The van der Waals surface area contributed by atoms with Crippen molar-refractivity contribution in [2.45, 2.75) is 39.9 Å². The molecule has 0 atom stereocenters. The number of hydrogen-bond donors (Lipinski definition) is 0. The van der Waals surface area contributed by atoms with Gasteiger partial charge in [0.05, 0.1) is 31.0 Å². The molecule has 29 heavy (non-hydrogen) atoms. The maximum atomic E-state index is 13.0. The molecule has 0 saturated heterocycles. The minimum atomic E-state index is -0.828. The summed E-state index contributed by atoms with van der Waals surface area (Å²) in [4.78, 5) is 38.5. The molecule has 0 aliphatic heterocycles. The van der Waals surface area contributed by atoms with Crippen LogP contribution in [0.4, 0.5) is 0 Å². The molecule has 0 saturated carbocycles. The van der Waals surface area contributed by atoms with Crippen molar-refractivity contribution in [1.29, 1.82) is 0 Å². The lowest BCUT2D eigenvalue weighted by molar-refractivity contribution is 0.0326. The van der Waals surface area contributed by atoms with Gasteiger partial charge in [0.25, 0.3) is 0 Å². The highest BCUT2D eigenvalue weighted by Crippen LogP contribution is 2.31. The molecule has 152 valence electrons. The smallest absolute Gasteiger partial charge is 0.357 e. The minimum absolute atomic E-state index is 0.0750. The van der Waals surface area contributed by atoms with Crippen molar-refractivity contribution in [2.24, 2.45) is 0 Å². The van der Waals surface area contributed by atoms with E-state index in [2.05, 4.69) is 5.10 Å². The van der Waals surface area contributed by atoms with Gasteiger partial charge in [-0.2, -0.15) is 5.10 Å². The van der Waals surface area contributed by atoms with E-state index >= 15 is 0 Å². The van der Waals surface area contributed by atoms with Crippen molar-refractivity contribution in [3.63, 3.8) is 0 Å². The quantitative estimate of drug-likeness (QED) is 0.480. The van der Waals surface area contributed by atoms with E-state index in [4.69, 9.17) is 14.2 Å². The monoisotopic (exact) mass is 398 g/mol. The molecule has 3 aromatic rings. The zero-order valence-electron chi connectivity index (χ0n) is 16.9. The van der Waals surface area contributed by atoms with E-state index in [1.54, 1.807) is 46.0 Å². The molecule has 8 heteroatoms. The van der Waals surface area contributed by atoms with Gasteiger partial charge in [-0.1, -0.05) is 24.3 Å². The van der Waals surface area contributed by atoms with Crippen molar-refractivity contribution in [1.82, 2.24) is 9.61 Å². The van der Waals surface area contributed by atoms with E-state index in [1.807, 2.05) is 12.1 Å². The molecular weight excluding hydrogens is 376 g/mol. The van der Waals surface area contributed by atoms with Gasteiger partial charge in [-0.25, -0.2) is 18.9 Å². The van der Waals surface area contributed by atoms with Crippen LogP contribution in [-0.4, -0.2) is 46.8 Å². The predicted molar refractivity (Wildman–Crippen MR) is 105 cm³/mol. The number of esters is 3. The van der Waals surface area contributed by atoms with Crippen molar-refractivity contribution < 1.29 is 28.6 Å². The zero-order chi connectivity index (χ0) is 21.3. The molecule has 0 N–H and O–H groups in total. The molecule has 0 radical (unpaired) electrons. The molecule has 0 spiro atoms. The Kier molecular flexibility index (Phi) is 5.54. The van der Waals surface area contributed by atoms with Gasteiger partial charge < -0.3 is 14.2 Å². The second kappa shape index (κ2) is 7.90. The van der Waals surface area contributed by atoms with Gasteiger partial charge in [-0.15, -0.1) is 0 Å². The van der Waals surface area contributed by atoms with Crippen molar-refractivity contribution >= 4 is 34.2 Å². The number of methoxy groups -OCH3 is 1. The molecule has 0 fully saturated rings. The maximum Gasteiger partial charge on any atom is 0.357 e. The fraction of sp³-hybridized carbons (Fsp3) is 0.333. The van der Waals surface area contributed by atoms with Crippen LogP contribution in [0.15, 0.2) is 30.5 Å². The van der Waals surface area contributed by atoms with Crippen LogP contribution >= 0.6 is 0 Å². The van der Waals surface area contributed by atoms with Crippen LogP contribution < -0.4 is 0 Å². The average Bonchev–Trinajstić information content (AvgIpc) is 3.02. The summed E-state index contributed by atoms with van der Waals surface area (Å²) in [5.41, 5.74) is -0.200. The maximum absolute atomic E-state index is 13.0. The summed E-state index contributed by atoms with van der Waals surface area (Å²) in [6.45, 7) is 6.73. The summed E-state index contributed by atoms with van der Waals surface area (Å²) in [6.07, 6.45) is 0.648. The molecule has 3 rings (SSSR count). The molecule has 0 unspecified atom stereocenters. The summed E-state index contributed by atoms with van der Waals surface area (Å²) in [7, 11) is 1.19. The average molecular weight is 398 g/mol. The Morgan fingerprint density at radius 1 is 0.897 bits per heavy atom. The molecule has 0 bridgehead atoms. The molecule has 0 aliphatic carbocycles. The van der Waals surface area contributed by atoms with Gasteiger partial charge in [0.1, 0.15) is 11.1 Å². The molecule has 2 heterocycles. The summed E-state index contributed by atoms with van der Waals surface area (Å²) >= 11 is 0. The van der Waals surface area contributed by atoms with Gasteiger partial charge in [0.15, 0.2) is 5.69 Å². The Labute approximate surface area is 167 Å². The summed E-state index contributed by atoms with van der Waals surface area (Å²) < 4.78 is 16.8. The first-order valence-corrected chi connectivity index (χ1v) is 9.19. The molecule has 0 aliphatic rings. The standard InChI is InChI=1S/C21H22N2O6/c1-11(2)28-19(24)15-16(20(25)29-12(3)4)18(21(26)27-5)23-17(15)14-9-7-6-8-13(14)10-22-23/h6-12H,1-5H3. The number of benzene rings is 1. The summed E-state index contributed by atoms with van der Waals surface area (Å²) in [5.74, 6) is -2.39. The Bertz CT molecular complexity index is 1110. The number of ether oxygens (including phenoxy) is 3. The lowest BCUT2D eigenvalue weighted by Crippen LogP contribution is -2.20. The van der Waals surface area contributed by atoms with E-state index in [1.165, 1.54) is 11.6 Å². The van der Waals surface area contributed by atoms with Crippen LogP contribution in [0.3, 0.4) is 0 Å². The SMILES string of the molecule is COC(=O)c1c(C(=O)OC(C)C)c(C(=O)OC(C)C)c2c3ccccc3cnn12. The van der Waals surface area contributed by atoms with Gasteiger partial charge >= 0.3 is 17.9 Å². The number of fused-ring (bicyclic) bond motifs is 3. The molecular formula is C21H22N2O6. The fourth-order valence-corrected chi connectivity index (χ4v) is 3.10. The van der Waals surface area contributed by atoms with Gasteiger partial charge in [-0.05, 0) is 27.7 Å². The van der Waals surface area contributed by atoms with Crippen molar-refractivity contribution in [2.75, 3.05) is 7.11 Å². The highest BCUT2D eigenvalue weighted by atomic mass is 16.6. The normalized spacial score (nSPS) is 11.3. The Morgan fingerprint density at radius 3 is 2.07 bits per heavy atom. The summed E-state index contributed by atoms with van der Waals surface area (Å²) in [5, 5.41) is 5.65. The third-order valence-electron chi connectivity index (χ3n) is 4.15. The van der Waals surface area contributed by atoms with Crippen molar-refractivity contribution in [3.05, 3.63) is 47.3 Å². The third-order valence-corrected chi connectivity index (χ3v) is 4.15. The predicted octanol–water partition coefficient (Wildman–Crippen LogP) is 3.40. The minimum Gasteiger partial charge on any atom is -0.464 e. The lowest BCUT2D eigenvalue weighted by atomic mass is 10.1. The largest absolute Gasteiger partial charge is 0.464 e. The van der Waals surface area contributed by atoms with Crippen LogP contribution in [0, 0.1) is 0 Å². The Morgan fingerprint density at radius 2 is 1.48 bits per heavy atom. The van der Waals surface area contributed by atoms with Crippen molar-refractivity contribution in [3.8, 4) is 0 Å². The lowest BCUT2D eigenvalue weighted by Gasteiger charge is -2.11. The first-order valence-electron chi connectivity index (χ1n) is 9.19. The molecule has 8 nitrogen and oxygen atoms in total. The topological polar surface area (TPSA) is 96.2 Å². The number of carbonyl (C=O) groups excluding carboxylic acids is 3. The number of aromatic nitrogens is 2. The van der Waals surface area contributed by atoms with Crippen LogP contribution in [0.5, 0.6) is 0 Å². The Hall–Kier alpha value is -3.42. The molecule has 1 aromatic carbocycles. The van der Waals surface area contributed by atoms with E-state index in [0.717, 1.165) is 5.39 Å². The van der Waals surface area contributed by atoms with Gasteiger partial charge in [0.2, 0.25) is 0 Å². The zero-order valence-corrected chi connectivity index (χ0v) is 16.9. The number of hydrogen-bond acceptors (Lipinski definition) is 7. The molecule has 0 amide bonds. The van der Waals surface area contributed by atoms with E-state index in [-0.39, 0.29) is 22.3 Å². The van der Waals surface area contributed by atoms with Crippen LogP contribution in [0.1, 0.15) is 58.9 Å². The summed E-state index contributed by atoms with van der Waals surface area (Å²) in [6, 6.07) is 7.20. The van der Waals surface area contributed by atoms with Gasteiger partial charge in [-0.3, -0.25) is 0 Å². The van der Waals surface area contributed by atoms with Crippen LogP contribution in [0.2, 0.25) is 0 Å². The first kappa shape index (κ1) is 20.3. The first-order chi connectivity index (χ1) is 13.8. The number of rotatable bonds is 5. The number of carbonyl (C=O) groups is 3. The highest BCUT2D eigenvalue weighted by Gasteiger charge is 2.36.